The second kappa shape index (κ2) is 8.81. The maximum Gasteiger partial charge on any atom is 0.204 e. The summed E-state index contributed by atoms with van der Waals surface area (Å²) in [7, 11) is 4.52. The van der Waals surface area contributed by atoms with Gasteiger partial charge >= 0.3 is 0 Å². The minimum atomic E-state index is -0.682. The standard InChI is InChI=1S/C20H22O8/c1-23-11-26-14-5-4-13(8-15(14)24-2)19-18(10-22)28-20-16(25-3)6-12(9-21)7-17(20)27-19/h4-9,18-19,22H,10-11H2,1-3H3. The zero-order chi connectivity index (χ0) is 20.1. The van der Waals surface area contributed by atoms with E-state index in [4.69, 9.17) is 28.4 Å². The Morgan fingerprint density at radius 1 is 1.04 bits per heavy atom. The van der Waals surface area contributed by atoms with Gasteiger partial charge in [0.1, 0.15) is 6.29 Å². The van der Waals surface area contributed by atoms with Crippen molar-refractivity contribution in [1.29, 1.82) is 0 Å². The van der Waals surface area contributed by atoms with Gasteiger partial charge in [-0.05, 0) is 24.3 Å². The maximum absolute atomic E-state index is 11.2. The van der Waals surface area contributed by atoms with Gasteiger partial charge in [-0.1, -0.05) is 6.07 Å². The van der Waals surface area contributed by atoms with Crippen molar-refractivity contribution >= 4 is 6.29 Å². The molecule has 2 atom stereocenters. The molecule has 1 aliphatic heterocycles. The van der Waals surface area contributed by atoms with Gasteiger partial charge in [-0.3, -0.25) is 4.79 Å². The number of aliphatic hydroxyl groups excluding tert-OH is 1. The van der Waals surface area contributed by atoms with Crippen LogP contribution in [0, 0.1) is 0 Å². The van der Waals surface area contributed by atoms with Crippen molar-refractivity contribution in [2.24, 2.45) is 0 Å². The van der Waals surface area contributed by atoms with E-state index in [0.29, 0.717) is 46.2 Å². The molecular weight excluding hydrogens is 368 g/mol. The molecule has 0 bridgehead atoms. The highest BCUT2D eigenvalue weighted by Crippen LogP contribution is 2.46. The van der Waals surface area contributed by atoms with E-state index in [1.807, 2.05) is 0 Å². The van der Waals surface area contributed by atoms with Crippen molar-refractivity contribution in [1.82, 2.24) is 0 Å². The van der Waals surface area contributed by atoms with Crippen LogP contribution in [0.4, 0.5) is 0 Å². The Morgan fingerprint density at radius 3 is 2.46 bits per heavy atom. The first-order valence-corrected chi connectivity index (χ1v) is 8.56. The number of benzene rings is 2. The summed E-state index contributed by atoms with van der Waals surface area (Å²) >= 11 is 0. The van der Waals surface area contributed by atoms with E-state index in [9.17, 15) is 9.90 Å². The average Bonchev–Trinajstić information content (AvgIpc) is 2.75. The Morgan fingerprint density at radius 2 is 1.82 bits per heavy atom. The summed E-state index contributed by atoms with van der Waals surface area (Å²) in [4.78, 5) is 11.2. The van der Waals surface area contributed by atoms with Crippen LogP contribution in [0.2, 0.25) is 0 Å². The minimum Gasteiger partial charge on any atom is -0.493 e. The number of ether oxygens (including phenoxy) is 6. The van der Waals surface area contributed by atoms with Gasteiger partial charge in [-0.15, -0.1) is 0 Å². The Kier molecular flexibility index (Phi) is 6.23. The van der Waals surface area contributed by atoms with E-state index in [1.54, 1.807) is 30.3 Å². The normalized spacial score (nSPS) is 17.7. The van der Waals surface area contributed by atoms with Crippen LogP contribution >= 0.6 is 0 Å². The smallest absolute Gasteiger partial charge is 0.204 e. The van der Waals surface area contributed by atoms with E-state index in [2.05, 4.69) is 0 Å². The zero-order valence-corrected chi connectivity index (χ0v) is 15.8. The molecule has 0 fully saturated rings. The van der Waals surface area contributed by atoms with Gasteiger partial charge in [0.15, 0.2) is 42.0 Å². The van der Waals surface area contributed by atoms with Crippen molar-refractivity contribution < 1.29 is 38.3 Å². The lowest BCUT2D eigenvalue weighted by Gasteiger charge is -2.34. The summed E-state index contributed by atoms with van der Waals surface area (Å²) in [5.74, 6) is 2.05. The number of carbonyl (C=O) groups excluding carboxylic acids is 1. The molecule has 0 aromatic heterocycles. The summed E-state index contributed by atoms with van der Waals surface area (Å²) < 4.78 is 33.1. The summed E-state index contributed by atoms with van der Waals surface area (Å²) in [6.07, 6.45) is -0.613. The number of aldehydes is 1. The largest absolute Gasteiger partial charge is 0.493 e. The average molecular weight is 390 g/mol. The quantitative estimate of drug-likeness (QED) is 0.543. The Bertz CT molecular complexity index is 835. The summed E-state index contributed by atoms with van der Waals surface area (Å²) in [6.45, 7) is -0.202. The number of fused-ring (bicyclic) bond motifs is 1. The first-order valence-electron chi connectivity index (χ1n) is 8.56. The highest BCUT2D eigenvalue weighted by Gasteiger charge is 2.35. The molecule has 0 saturated carbocycles. The van der Waals surface area contributed by atoms with Crippen LogP contribution in [0.5, 0.6) is 28.7 Å². The molecule has 1 aliphatic rings. The Balaban J connectivity index is 1.97. The zero-order valence-electron chi connectivity index (χ0n) is 15.8. The summed E-state index contributed by atoms with van der Waals surface area (Å²) in [5, 5.41) is 9.84. The van der Waals surface area contributed by atoms with Crippen molar-refractivity contribution in [2.75, 3.05) is 34.7 Å². The van der Waals surface area contributed by atoms with Gasteiger partial charge in [0.2, 0.25) is 5.75 Å². The molecular formula is C20H22O8. The van der Waals surface area contributed by atoms with Crippen LogP contribution < -0.4 is 23.7 Å². The van der Waals surface area contributed by atoms with Crippen molar-refractivity contribution in [3.63, 3.8) is 0 Å². The molecule has 1 heterocycles. The first kappa shape index (κ1) is 19.8. The van der Waals surface area contributed by atoms with Crippen LogP contribution in [0.3, 0.4) is 0 Å². The molecule has 0 radical (unpaired) electrons. The molecule has 0 spiro atoms. The first-order chi connectivity index (χ1) is 13.6. The number of hydrogen-bond donors (Lipinski definition) is 1. The van der Waals surface area contributed by atoms with E-state index < -0.39 is 12.2 Å². The van der Waals surface area contributed by atoms with Gasteiger partial charge in [0, 0.05) is 18.2 Å². The number of carbonyl (C=O) groups is 1. The molecule has 2 aromatic carbocycles. The molecule has 8 nitrogen and oxygen atoms in total. The number of hydrogen-bond acceptors (Lipinski definition) is 8. The van der Waals surface area contributed by atoms with Gasteiger partial charge in [0.05, 0.1) is 20.8 Å². The predicted octanol–water partition coefficient (Wildman–Crippen LogP) is 2.37. The molecule has 2 aromatic rings. The lowest BCUT2D eigenvalue weighted by molar-refractivity contribution is -0.0142. The van der Waals surface area contributed by atoms with Crippen molar-refractivity contribution in [2.45, 2.75) is 12.2 Å². The van der Waals surface area contributed by atoms with Crippen LogP contribution in [0.15, 0.2) is 30.3 Å². The van der Waals surface area contributed by atoms with E-state index in [1.165, 1.54) is 21.3 Å². The van der Waals surface area contributed by atoms with Crippen LogP contribution in [-0.4, -0.2) is 52.2 Å². The van der Waals surface area contributed by atoms with Crippen LogP contribution in [0.25, 0.3) is 0 Å². The topological polar surface area (TPSA) is 92.7 Å². The monoisotopic (exact) mass is 390 g/mol. The van der Waals surface area contributed by atoms with Crippen LogP contribution in [-0.2, 0) is 4.74 Å². The van der Waals surface area contributed by atoms with Crippen molar-refractivity contribution in [3.05, 3.63) is 41.5 Å². The molecule has 1 N–H and O–H groups in total. The van der Waals surface area contributed by atoms with Crippen molar-refractivity contribution in [3.8, 4) is 28.7 Å². The molecule has 8 heteroatoms. The van der Waals surface area contributed by atoms with Crippen LogP contribution in [0.1, 0.15) is 22.0 Å². The SMILES string of the molecule is COCOc1ccc(C2Oc3cc(C=O)cc(OC)c3OC2CO)cc1OC. The van der Waals surface area contributed by atoms with Gasteiger partial charge in [-0.25, -0.2) is 0 Å². The molecule has 0 aliphatic carbocycles. The summed E-state index contributed by atoms with van der Waals surface area (Å²) in [6, 6.07) is 8.38. The fourth-order valence-corrected chi connectivity index (χ4v) is 2.96. The van der Waals surface area contributed by atoms with Gasteiger partial charge in [-0.2, -0.15) is 0 Å². The Hall–Kier alpha value is -2.97. The highest BCUT2D eigenvalue weighted by atomic mass is 16.7. The fourth-order valence-electron chi connectivity index (χ4n) is 2.96. The predicted molar refractivity (Wildman–Crippen MR) is 98.8 cm³/mol. The maximum atomic E-state index is 11.2. The second-order valence-electron chi connectivity index (χ2n) is 6.01. The third-order valence-corrected chi connectivity index (χ3v) is 4.29. The third kappa shape index (κ3) is 3.83. The molecule has 3 rings (SSSR count). The summed E-state index contributed by atoms with van der Waals surface area (Å²) in [5.41, 5.74) is 1.10. The fraction of sp³-hybridized carbons (Fsp3) is 0.350. The van der Waals surface area contributed by atoms with Gasteiger partial charge < -0.3 is 33.5 Å². The number of methoxy groups -OCH3 is 3. The van der Waals surface area contributed by atoms with E-state index in [0.717, 1.165) is 0 Å². The molecule has 2 unspecified atom stereocenters. The second-order valence-corrected chi connectivity index (χ2v) is 6.01. The lowest BCUT2D eigenvalue weighted by Crippen LogP contribution is -2.36. The molecule has 150 valence electrons. The third-order valence-electron chi connectivity index (χ3n) is 4.29. The minimum absolute atomic E-state index is 0.0830. The van der Waals surface area contributed by atoms with Gasteiger partial charge in [0.25, 0.3) is 0 Å². The molecule has 0 amide bonds. The molecule has 0 saturated heterocycles. The van der Waals surface area contributed by atoms with E-state index in [-0.39, 0.29) is 13.4 Å². The highest BCUT2D eigenvalue weighted by molar-refractivity contribution is 5.78. The molecule has 28 heavy (non-hydrogen) atoms. The number of rotatable bonds is 8. The Labute approximate surface area is 162 Å². The van der Waals surface area contributed by atoms with E-state index >= 15 is 0 Å². The number of aliphatic hydroxyl groups is 1. The lowest BCUT2D eigenvalue weighted by atomic mass is 10.0.